The summed E-state index contributed by atoms with van der Waals surface area (Å²) in [6.07, 6.45) is -0.547. The number of carbonyl (C=O) groups is 1. The topological polar surface area (TPSA) is 51.2 Å². The summed E-state index contributed by atoms with van der Waals surface area (Å²) in [6, 6.07) is 0. The lowest BCUT2D eigenvalue weighted by molar-refractivity contribution is 0.0635. The minimum Gasteiger partial charge on any atom is -0.444 e. The molecule has 1 rings (SSSR count). The second-order valence-corrected chi connectivity index (χ2v) is 5.38. The van der Waals surface area contributed by atoms with Crippen LogP contribution in [0.2, 0.25) is 5.02 Å². The molecule has 1 aromatic heterocycles. The molecule has 0 bridgehead atoms. The molecule has 0 aliphatic heterocycles. The molecule has 0 unspecified atom stereocenters. The Morgan fingerprint density at radius 3 is 2.53 bits per heavy atom. The molecule has 1 heterocycles. The molecule has 15 heavy (non-hydrogen) atoms. The number of nitrogens with one attached hydrogen (secondary N) is 1. The van der Waals surface area contributed by atoms with E-state index in [0.29, 0.717) is 10.8 Å². The van der Waals surface area contributed by atoms with Crippen molar-refractivity contribution in [2.45, 2.75) is 33.3 Å². The first-order valence-corrected chi connectivity index (χ1v) is 5.56. The summed E-state index contributed by atoms with van der Waals surface area (Å²) in [5.74, 6) is 0.355. The maximum atomic E-state index is 11.4. The monoisotopic (exact) mass is 248 g/mol. The zero-order valence-electron chi connectivity index (χ0n) is 9.05. The van der Waals surface area contributed by atoms with Gasteiger partial charge in [0.05, 0.1) is 5.02 Å². The maximum absolute atomic E-state index is 11.4. The summed E-state index contributed by atoms with van der Waals surface area (Å²) in [6.45, 7) is 7.21. The molecular formula is C9H13ClN2O2S. The fourth-order valence-corrected chi connectivity index (χ4v) is 1.62. The Kier molecular flexibility index (Phi) is 3.57. The van der Waals surface area contributed by atoms with Gasteiger partial charge in [-0.15, -0.1) is 0 Å². The van der Waals surface area contributed by atoms with E-state index >= 15 is 0 Å². The highest BCUT2D eigenvalue weighted by molar-refractivity contribution is 7.06. The number of ether oxygens (including phenoxy) is 1. The maximum Gasteiger partial charge on any atom is 0.413 e. The van der Waals surface area contributed by atoms with Crippen LogP contribution in [-0.2, 0) is 4.74 Å². The Labute approximate surface area is 97.8 Å². The van der Waals surface area contributed by atoms with E-state index in [0.717, 1.165) is 4.88 Å². The highest BCUT2D eigenvalue weighted by Gasteiger charge is 2.18. The number of aryl methyl sites for hydroxylation is 1. The fraction of sp³-hybridized carbons (Fsp3) is 0.556. The highest BCUT2D eigenvalue weighted by Crippen LogP contribution is 2.28. The quantitative estimate of drug-likeness (QED) is 0.828. The van der Waals surface area contributed by atoms with Gasteiger partial charge in [0.25, 0.3) is 0 Å². The Balaban J connectivity index is 2.63. The van der Waals surface area contributed by atoms with E-state index in [1.807, 2.05) is 6.92 Å². The molecule has 84 valence electrons. The second kappa shape index (κ2) is 4.37. The van der Waals surface area contributed by atoms with Gasteiger partial charge in [0, 0.05) is 4.88 Å². The summed E-state index contributed by atoms with van der Waals surface area (Å²) in [7, 11) is 0. The zero-order chi connectivity index (χ0) is 11.6. The van der Waals surface area contributed by atoms with Crippen LogP contribution in [0, 0.1) is 6.92 Å². The average molecular weight is 249 g/mol. The van der Waals surface area contributed by atoms with E-state index in [-0.39, 0.29) is 0 Å². The molecule has 1 aromatic rings. The number of carbonyl (C=O) groups excluding carboxylic acids is 1. The fourth-order valence-electron chi connectivity index (χ4n) is 0.839. The van der Waals surface area contributed by atoms with Crippen molar-refractivity contribution in [1.29, 1.82) is 0 Å². The molecule has 0 atom stereocenters. The van der Waals surface area contributed by atoms with Crippen molar-refractivity contribution < 1.29 is 9.53 Å². The van der Waals surface area contributed by atoms with Crippen molar-refractivity contribution in [3.8, 4) is 0 Å². The molecule has 1 amide bonds. The predicted molar refractivity (Wildman–Crippen MR) is 61.7 cm³/mol. The van der Waals surface area contributed by atoms with Crippen LogP contribution in [0.3, 0.4) is 0 Å². The first-order valence-electron chi connectivity index (χ1n) is 4.41. The van der Waals surface area contributed by atoms with Gasteiger partial charge in [-0.25, -0.2) is 4.79 Å². The Morgan fingerprint density at radius 1 is 1.53 bits per heavy atom. The molecule has 0 spiro atoms. The third-order valence-corrected chi connectivity index (χ3v) is 2.74. The van der Waals surface area contributed by atoms with E-state index in [1.54, 1.807) is 20.8 Å². The van der Waals surface area contributed by atoms with Crippen molar-refractivity contribution in [2.75, 3.05) is 5.32 Å². The number of halogens is 1. The Hall–Kier alpha value is -0.810. The van der Waals surface area contributed by atoms with E-state index in [9.17, 15) is 4.79 Å². The molecular weight excluding hydrogens is 236 g/mol. The number of amides is 1. The van der Waals surface area contributed by atoms with Crippen molar-refractivity contribution in [1.82, 2.24) is 4.37 Å². The first kappa shape index (κ1) is 12.3. The van der Waals surface area contributed by atoms with Crippen LogP contribution in [0.1, 0.15) is 25.6 Å². The van der Waals surface area contributed by atoms with Gasteiger partial charge < -0.3 is 4.74 Å². The minimum atomic E-state index is -0.547. The van der Waals surface area contributed by atoms with Gasteiger partial charge in [0.1, 0.15) is 5.60 Å². The molecule has 4 nitrogen and oxygen atoms in total. The van der Waals surface area contributed by atoms with E-state index in [2.05, 4.69) is 9.69 Å². The lowest BCUT2D eigenvalue weighted by Gasteiger charge is -2.19. The van der Waals surface area contributed by atoms with Crippen molar-refractivity contribution in [3.63, 3.8) is 0 Å². The lowest BCUT2D eigenvalue weighted by Crippen LogP contribution is -2.27. The SMILES string of the molecule is Cc1snc(NC(=O)OC(C)(C)C)c1Cl. The predicted octanol–water partition coefficient (Wildman–Crippen LogP) is 3.45. The largest absolute Gasteiger partial charge is 0.444 e. The lowest BCUT2D eigenvalue weighted by atomic mass is 10.2. The highest BCUT2D eigenvalue weighted by atomic mass is 35.5. The number of hydrogen-bond donors (Lipinski definition) is 1. The Bertz CT molecular complexity index is 371. The number of rotatable bonds is 1. The summed E-state index contributed by atoms with van der Waals surface area (Å²) in [4.78, 5) is 12.2. The van der Waals surface area contributed by atoms with Gasteiger partial charge in [-0.2, -0.15) is 4.37 Å². The second-order valence-electron chi connectivity index (χ2n) is 4.03. The molecule has 0 saturated heterocycles. The average Bonchev–Trinajstić information content (AvgIpc) is 2.32. The molecule has 0 aliphatic rings. The molecule has 0 radical (unpaired) electrons. The van der Waals surface area contributed by atoms with Crippen molar-refractivity contribution in [3.05, 3.63) is 9.90 Å². The van der Waals surface area contributed by atoms with E-state index < -0.39 is 11.7 Å². The molecule has 0 fully saturated rings. The summed E-state index contributed by atoms with van der Waals surface area (Å²) in [5.41, 5.74) is -0.526. The van der Waals surface area contributed by atoms with Crippen LogP contribution in [0.15, 0.2) is 0 Å². The summed E-state index contributed by atoms with van der Waals surface area (Å²) in [5, 5.41) is 2.96. The van der Waals surface area contributed by atoms with Crippen LogP contribution < -0.4 is 5.32 Å². The molecule has 1 N–H and O–H groups in total. The molecule has 0 saturated carbocycles. The normalized spacial score (nSPS) is 11.3. The summed E-state index contributed by atoms with van der Waals surface area (Å²) < 4.78 is 9.04. The van der Waals surface area contributed by atoms with Gasteiger partial charge in [0.15, 0.2) is 5.82 Å². The smallest absolute Gasteiger partial charge is 0.413 e. The van der Waals surface area contributed by atoms with E-state index in [4.69, 9.17) is 16.3 Å². The van der Waals surface area contributed by atoms with Gasteiger partial charge in [-0.05, 0) is 39.2 Å². The molecule has 0 aromatic carbocycles. The van der Waals surface area contributed by atoms with Crippen LogP contribution in [-0.4, -0.2) is 16.1 Å². The standard InChI is InChI=1S/C9H13ClN2O2S/c1-5-6(10)7(12-15-5)11-8(13)14-9(2,3)4/h1-4H3,(H,11,12,13). The van der Waals surface area contributed by atoms with Crippen LogP contribution in [0.25, 0.3) is 0 Å². The minimum absolute atomic E-state index is 0.355. The van der Waals surface area contributed by atoms with E-state index in [1.165, 1.54) is 11.5 Å². The summed E-state index contributed by atoms with van der Waals surface area (Å²) >= 11 is 7.14. The third-order valence-electron chi connectivity index (χ3n) is 1.41. The molecule has 0 aliphatic carbocycles. The Morgan fingerprint density at radius 2 is 2.13 bits per heavy atom. The zero-order valence-corrected chi connectivity index (χ0v) is 10.6. The number of anilines is 1. The number of hydrogen-bond acceptors (Lipinski definition) is 4. The van der Waals surface area contributed by atoms with Crippen LogP contribution in [0.4, 0.5) is 10.6 Å². The molecule has 6 heteroatoms. The van der Waals surface area contributed by atoms with Gasteiger partial charge in [-0.1, -0.05) is 11.6 Å². The van der Waals surface area contributed by atoms with Crippen LogP contribution in [0.5, 0.6) is 0 Å². The van der Waals surface area contributed by atoms with Gasteiger partial charge in [0.2, 0.25) is 0 Å². The van der Waals surface area contributed by atoms with Crippen LogP contribution >= 0.6 is 23.1 Å². The van der Waals surface area contributed by atoms with Crippen molar-refractivity contribution in [2.24, 2.45) is 0 Å². The first-order chi connectivity index (χ1) is 6.79. The number of aromatic nitrogens is 1. The van der Waals surface area contributed by atoms with Gasteiger partial charge >= 0.3 is 6.09 Å². The number of nitrogens with zero attached hydrogens (tertiary/aromatic N) is 1. The van der Waals surface area contributed by atoms with Crippen molar-refractivity contribution >= 4 is 35.0 Å². The third kappa shape index (κ3) is 3.68. The van der Waals surface area contributed by atoms with Gasteiger partial charge in [-0.3, -0.25) is 5.32 Å².